The molecule has 0 saturated heterocycles. The van der Waals surface area contributed by atoms with Gasteiger partial charge in [0.25, 0.3) is 0 Å². The van der Waals surface area contributed by atoms with Crippen molar-refractivity contribution in [3.63, 3.8) is 0 Å². The summed E-state index contributed by atoms with van der Waals surface area (Å²) in [6.07, 6.45) is 0.254. The molecule has 0 radical (unpaired) electrons. The molecular formula is C21H19N3O3. The van der Waals surface area contributed by atoms with Crippen LogP contribution in [0.25, 0.3) is 0 Å². The van der Waals surface area contributed by atoms with Crippen LogP contribution in [0.5, 0.6) is 5.75 Å². The minimum absolute atomic E-state index is 0.121. The standard InChI is InChI=1S/C21H19N3O3/c1-14-20(15(2)27-24-14)13-26-19-9-5-16(6-10-19)11-21(25)23-18-7-3-17(12-22)4-8-18/h3-10H,11,13H2,1-2H3,(H,23,25). The van der Waals surface area contributed by atoms with Gasteiger partial charge in [-0.3, -0.25) is 4.79 Å². The van der Waals surface area contributed by atoms with Gasteiger partial charge in [0.2, 0.25) is 5.91 Å². The van der Waals surface area contributed by atoms with Gasteiger partial charge in [0.15, 0.2) is 0 Å². The van der Waals surface area contributed by atoms with Gasteiger partial charge in [-0.05, 0) is 55.8 Å². The molecule has 0 bridgehead atoms. The molecule has 0 aliphatic heterocycles. The number of ether oxygens (including phenoxy) is 1. The van der Waals surface area contributed by atoms with Crippen LogP contribution in [-0.4, -0.2) is 11.1 Å². The van der Waals surface area contributed by atoms with Crippen molar-refractivity contribution in [2.45, 2.75) is 26.9 Å². The number of aromatic nitrogens is 1. The molecule has 2 aromatic carbocycles. The fourth-order valence-corrected chi connectivity index (χ4v) is 2.59. The molecule has 6 heteroatoms. The maximum Gasteiger partial charge on any atom is 0.228 e. The van der Waals surface area contributed by atoms with Crippen molar-refractivity contribution < 1.29 is 14.1 Å². The Labute approximate surface area is 157 Å². The molecule has 0 aliphatic carbocycles. The highest BCUT2D eigenvalue weighted by molar-refractivity contribution is 5.92. The van der Waals surface area contributed by atoms with E-state index in [0.717, 1.165) is 22.6 Å². The summed E-state index contributed by atoms with van der Waals surface area (Å²) in [6.45, 7) is 4.12. The van der Waals surface area contributed by atoms with E-state index >= 15 is 0 Å². The van der Waals surface area contributed by atoms with Crippen LogP contribution in [0.15, 0.2) is 53.1 Å². The smallest absolute Gasteiger partial charge is 0.228 e. The van der Waals surface area contributed by atoms with Crippen molar-refractivity contribution in [3.05, 3.63) is 76.7 Å². The maximum absolute atomic E-state index is 12.2. The normalized spacial score (nSPS) is 10.3. The molecule has 6 nitrogen and oxygen atoms in total. The SMILES string of the molecule is Cc1noc(C)c1COc1ccc(CC(=O)Nc2ccc(C#N)cc2)cc1. The summed E-state index contributed by atoms with van der Waals surface area (Å²) in [4.78, 5) is 12.2. The third-order valence-corrected chi connectivity index (χ3v) is 4.15. The van der Waals surface area contributed by atoms with E-state index in [9.17, 15) is 4.79 Å². The second-order valence-electron chi connectivity index (χ2n) is 6.15. The van der Waals surface area contributed by atoms with Crippen molar-refractivity contribution in [2.24, 2.45) is 0 Å². The lowest BCUT2D eigenvalue weighted by atomic mass is 10.1. The van der Waals surface area contributed by atoms with E-state index in [0.29, 0.717) is 23.6 Å². The van der Waals surface area contributed by atoms with Gasteiger partial charge >= 0.3 is 0 Å². The summed E-state index contributed by atoms with van der Waals surface area (Å²) in [5.74, 6) is 1.35. The molecule has 0 fully saturated rings. The number of nitriles is 1. The first-order valence-corrected chi connectivity index (χ1v) is 8.48. The maximum atomic E-state index is 12.2. The number of benzene rings is 2. The topological polar surface area (TPSA) is 88.2 Å². The van der Waals surface area contributed by atoms with Crippen molar-refractivity contribution in [1.29, 1.82) is 5.26 Å². The Balaban J connectivity index is 1.53. The van der Waals surface area contributed by atoms with E-state index in [2.05, 4.69) is 10.5 Å². The number of anilines is 1. The Morgan fingerprint density at radius 1 is 1.15 bits per heavy atom. The van der Waals surface area contributed by atoms with Gasteiger partial charge in [-0.25, -0.2) is 0 Å². The summed E-state index contributed by atoms with van der Waals surface area (Å²) >= 11 is 0. The van der Waals surface area contributed by atoms with Crippen molar-refractivity contribution >= 4 is 11.6 Å². The highest BCUT2D eigenvalue weighted by Crippen LogP contribution is 2.18. The van der Waals surface area contributed by atoms with Crippen LogP contribution < -0.4 is 10.1 Å². The highest BCUT2D eigenvalue weighted by atomic mass is 16.5. The van der Waals surface area contributed by atoms with E-state index in [1.165, 1.54) is 0 Å². The molecule has 27 heavy (non-hydrogen) atoms. The first-order valence-electron chi connectivity index (χ1n) is 8.48. The zero-order valence-electron chi connectivity index (χ0n) is 15.2. The average molecular weight is 361 g/mol. The molecule has 1 N–H and O–H groups in total. The molecule has 3 aromatic rings. The number of nitrogens with one attached hydrogen (secondary N) is 1. The molecule has 1 amide bonds. The monoisotopic (exact) mass is 361 g/mol. The minimum atomic E-state index is -0.121. The van der Waals surface area contributed by atoms with Gasteiger partial charge in [0.05, 0.1) is 29.3 Å². The van der Waals surface area contributed by atoms with Gasteiger partial charge in [0, 0.05) is 5.69 Å². The average Bonchev–Trinajstić information content (AvgIpc) is 2.99. The van der Waals surface area contributed by atoms with Gasteiger partial charge < -0.3 is 14.6 Å². The summed E-state index contributed by atoms with van der Waals surface area (Å²) in [6, 6.07) is 16.2. The third kappa shape index (κ3) is 4.73. The summed E-state index contributed by atoms with van der Waals surface area (Å²) in [5.41, 5.74) is 3.87. The van der Waals surface area contributed by atoms with Crippen LogP contribution in [0.2, 0.25) is 0 Å². The second-order valence-corrected chi connectivity index (χ2v) is 6.15. The molecular weight excluding hydrogens is 342 g/mol. The molecule has 1 heterocycles. The lowest BCUT2D eigenvalue weighted by Gasteiger charge is -2.08. The predicted octanol–water partition coefficient (Wildman–Crippen LogP) is 3.92. The lowest BCUT2D eigenvalue weighted by Crippen LogP contribution is -2.14. The van der Waals surface area contributed by atoms with Crippen LogP contribution in [0, 0.1) is 25.2 Å². The molecule has 0 spiro atoms. The number of hydrogen-bond acceptors (Lipinski definition) is 5. The molecule has 136 valence electrons. The Morgan fingerprint density at radius 2 is 1.85 bits per heavy atom. The summed E-state index contributed by atoms with van der Waals surface area (Å²) < 4.78 is 10.9. The van der Waals surface area contributed by atoms with Gasteiger partial charge in [0.1, 0.15) is 18.1 Å². The van der Waals surface area contributed by atoms with Gasteiger partial charge in [-0.15, -0.1) is 0 Å². The number of carbonyl (C=O) groups excluding carboxylic acids is 1. The number of hydrogen-bond donors (Lipinski definition) is 1. The zero-order valence-corrected chi connectivity index (χ0v) is 15.2. The Hall–Kier alpha value is -3.59. The van der Waals surface area contributed by atoms with Crippen LogP contribution >= 0.6 is 0 Å². The van der Waals surface area contributed by atoms with Crippen molar-refractivity contribution in [2.75, 3.05) is 5.32 Å². The van der Waals surface area contributed by atoms with Gasteiger partial charge in [-0.1, -0.05) is 17.3 Å². The van der Waals surface area contributed by atoms with E-state index in [-0.39, 0.29) is 12.3 Å². The largest absolute Gasteiger partial charge is 0.489 e. The number of amides is 1. The first kappa shape index (κ1) is 18.2. The highest BCUT2D eigenvalue weighted by Gasteiger charge is 2.10. The number of nitrogens with zero attached hydrogens (tertiary/aromatic N) is 2. The molecule has 0 unspecified atom stereocenters. The first-order chi connectivity index (χ1) is 13.0. The Morgan fingerprint density at radius 3 is 2.44 bits per heavy atom. The predicted molar refractivity (Wildman–Crippen MR) is 100 cm³/mol. The van der Waals surface area contributed by atoms with Crippen molar-refractivity contribution in [3.8, 4) is 11.8 Å². The fraction of sp³-hybridized carbons (Fsp3) is 0.190. The van der Waals surface area contributed by atoms with E-state index < -0.39 is 0 Å². The Bertz CT molecular complexity index is 948. The third-order valence-electron chi connectivity index (χ3n) is 4.15. The van der Waals surface area contributed by atoms with E-state index in [1.54, 1.807) is 24.3 Å². The second kappa shape index (κ2) is 8.19. The van der Waals surface area contributed by atoms with Crippen LogP contribution in [-0.2, 0) is 17.8 Å². The Kier molecular flexibility index (Phi) is 5.53. The minimum Gasteiger partial charge on any atom is -0.489 e. The van der Waals surface area contributed by atoms with E-state index in [4.69, 9.17) is 14.5 Å². The summed E-state index contributed by atoms with van der Waals surface area (Å²) in [7, 11) is 0. The fourth-order valence-electron chi connectivity index (χ4n) is 2.59. The molecule has 0 atom stereocenters. The van der Waals surface area contributed by atoms with Crippen LogP contribution in [0.3, 0.4) is 0 Å². The van der Waals surface area contributed by atoms with Gasteiger partial charge in [-0.2, -0.15) is 5.26 Å². The van der Waals surface area contributed by atoms with Crippen LogP contribution in [0.1, 0.15) is 28.1 Å². The quantitative estimate of drug-likeness (QED) is 0.719. The number of carbonyl (C=O) groups is 1. The van der Waals surface area contributed by atoms with Crippen LogP contribution in [0.4, 0.5) is 5.69 Å². The van der Waals surface area contributed by atoms with E-state index in [1.807, 2.05) is 44.2 Å². The summed E-state index contributed by atoms with van der Waals surface area (Å²) in [5, 5.41) is 15.5. The molecule has 0 saturated carbocycles. The molecule has 3 rings (SSSR count). The number of aryl methyl sites for hydroxylation is 2. The molecule has 0 aliphatic rings. The lowest BCUT2D eigenvalue weighted by molar-refractivity contribution is -0.115. The molecule has 1 aromatic heterocycles. The van der Waals surface area contributed by atoms with Crippen molar-refractivity contribution in [1.82, 2.24) is 5.16 Å². The number of rotatable bonds is 6. The zero-order chi connectivity index (χ0) is 19.2.